The van der Waals surface area contributed by atoms with Crippen LogP contribution in [0.2, 0.25) is 5.02 Å². The van der Waals surface area contributed by atoms with Crippen LogP contribution >= 0.6 is 45.8 Å². The van der Waals surface area contributed by atoms with E-state index in [0.29, 0.717) is 16.5 Å². The van der Waals surface area contributed by atoms with E-state index in [1.807, 2.05) is 19.2 Å². The lowest BCUT2D eigenvalue weighted by molar-refractivity contribution is 0.0792. The number of halogens is 3. The summed E-state index contributed by atoms with van der Waals surface area (Å²) in [5, 5.41) is 0.622. The van der Waals surface area contributed by atoms with Crippen LogP contribution in [0, 0.1) is 3.57 Å². The van der Waals surface area contributed by atoms with Crippen LogP contribution in [0.4, 0.5) is 0 Å². The number of hydrogen-bond acceptors (Lipinski definition) is 1. The highest BCUT2D eigenvalue weighted by Crippen LogP contribution is 2.20. The minimum absolute atomic E-state index is 0.0131. The van der Waals surface area contributed by atoms with Crippen molar-refractivity contribution in [2.75, 3.05) is 19.5 Å². The Balaban J connectivity index is 2.54. The van der Waals surface area contributed by atoms with Gasteiger partial charge < -0.3 is 4.90 Å². The van der Waals surface area contributed by atoms with E-state index in [-0.39, 0.29) is 5.91 Å². The molecule has 5 heteroatoms. The minimum atomic E-state index is 0.0131. The van der Waals surface area contributed by atoms with Crippen LogP contribution in [0.25, 0.3) is 0 Å². The first-order valence-electron chi connectivity index (χ1n) is 5.82. The predicted molar refractivity (Wildman–Crippen MR) is 85.7 cm³/mol. The van der Waals surface area contributed by atoms with Crippen LogP contribution in [0.3, 0.4) is 0 Å². The van der Waals surface area contributed by atoms with E-state index in [1.165, 1.54) is 0 Å². The van der Waals surface area contributed by atoms with E-state index in [2.05, 4.69) is 22.6 Å². The Hall–Kier alpha value is -0.0000000000000000555. The molecule has 0 aromatic heterocycles. The van der Waals surface area contributed by atoms with Crippen molar-refractivity contribution in [3.05, 3.63) is 32.4 Å². The molecule has 0 bridgehead atoms. The van der Waals surface area contributed by atoms with Crippen LogP contribution in [-0.4, -0.2) is 30.3 Å². The van der Waals surface area contributed by atoms with Gasteiger partial charge in [-0.1, -0.05) is 18.0 Å². The fourth-order valence-electron chi connectivity index (χ4n) is 1.57. The quantitative estimate of drug-likeness (QED) is 0.393. The SMILES string of the molecule is CN(CCCCCCl)C(=O)c1ccc(I)c(Cl)c1. The molecule has 18 heavy (non-hydrogen) atoms. The molecule has 0 aliphatic heterocycles. The largest absolute Gasteiger partial charge is 0.342 e. The molecule has 1 rings (SSSR count). The van der Waals surface area contributed by atoms with E-state index in [4.69, 9.17) is 23.2 Å². The Morgan fingerprint density at radius 3 is 2.67 bits per heavy atom. The number of rotatable bonds is 6. The van der Waals surface area contributed by atoms with Gasteiger partial charge in [-0.15, -0.1) is 11.6 Å². The van der Waals surface area contributed by atoms with E-state index in [0.717, 1.165) is 29.4 Å². The monoisotopic (exact) mass is 399 g/mol. The average Bonchev–Trinajstić information content (AvgIpc) is 2.37. The number of carbonyl (C=O) groups excluding carboxylic acids is 1. The summed E-state index contributed by atoms with van der Waals surface area (Å²) >= 11 is 13.8. The van der Waals surface area contributed by atoms with Crippen LogP contribution in [0.1, 0.15) is 29.6 Å². The maximum absolute atomic E-state index is 12.1. The van der Waals surface area contributed by atoms with Crippen molar-refractivity contribution in [1.29, 1.82) is 0 Å². The third kappa shape index (κ3) is 4.94. The molecule has 0 aliphatic carbocycles. The zero-order chi connectivity index (χ0) is 13.5. The summed E-state index contributed by atoms with van der Waals surface area (Å²) in [5.74, 6) is 0.698. The zero-order valence-corrected chi connectivity index (χ0v) is 13.9. The summed E-state index contributed by atoms with van der Waals surface area (Å²) in [6.07, 6.45) is 3.03. The standard InChI is InChI=1S/C13H16Cl2INO/c1-17(8-4-2-3-7-14)13(18)10-5-6-12(16)11(15)9-10/h5-6,9H,2-4,7-8H2,1H3. The van der Waals surface area contributed by atoms with Crippen molar-refractivity contribution in [2.24, 2.45) is 0 Å². The molecule has 1 aromatic carbocycles. The number of hydrogen-bond donors (Lipinski definition) is 0. The summed E-state index contributed by atoms with van der Waals surface area (Å²) in [6.45, 7) is 0.749. The Bertz CT molecular complexity index is 412. The van der Waals surface area contributed by atoms with Crippen LogP contribution in [0.5, 0.6) is 0 Å². The Kier molecular flexibility index (Phi) is 7.34. The molecule has 0 saturated heterocycles. The van der Waals surface area contributed by atoms with Crippen molar-refractivity contribution in [2.45, 2.75) is 19.3 Å². The third-order valence-corrected chi connectivity index (χ3v) is 4.48. The molecule has 0 N–H and O–H groups in total. The normalized spacial score (nSPS) is 10.4. The fourth-order valence-corrected chi connectivity index (χ4v) is 2.28. The molecular formula is C13H16Cl2INO. The number of amides is 1. The lowest BCUT2D eigenvalue weighted by atomic mass is 10.2. The van der Waals surface area contributed by atoms with Gasteiger partial charge in [-0.05, 0) is 53.6 Å². The molecule has 100 valence electrons. The number of alkyl halides is 1. The molecule has 1 amide bonds. The maximum Gasteiger partial charge on any atom is 0.253 e. The molecule has 0 unspecified atom stereocenters. The molecule has 0 radical (unpaired) electrons. The highest BCUT2D eigenvalue weighted by molar-refractivity contribution is 14.1. The predicted octanol–water partition coefficient (Wildman–Crippen LogP) is 4.43. The third-order valence-electron chi connectivity index (χ3n) is 2.64. The fraction of sp³-hybridized carbons (Fsp3) is 0.462. The van der Waals surface area contributed by atoms with E-state index in [1.54, 1.807) is 11.0 Å². The molecule has 0 heterocycles. The van der Waals surface area contributed by atoms with Crippen LogP contribution in [-0.2, 0) is 0 Å². The van der Waals surface area contributed by atoms with Gasteiger partial charge in [0.1, 0.15) is 0 Å². The summed E-state index contributed by atoms with van der Waals surface area (Å²) in [7, 11) is 1.81. The summed E-state index contributed by atoms with van der Waals surface area (Å²) in [6, 6.07) is 5.39. The molecule has 0 saturated carbocycles. The van der Waals surface area contributed by atoms with Gasteiger partial charge in [0.25, 0.3) is 5.91 Å². The maximum atomic E-state index is 12.1. The number of benzene rings is 1. The Morgan fingerprint density at radius 1 is 1.33 bits per heavy atom. The second kappa shape index (κ2) is 8.23. The second-order valence-electron chi connectivity index (χ2n) is 4.11. The number of carbonyl (C=O) groups is 1. The van der Waals surface area contributed by atoms with Gasteiger partial charge >= 0.3 is 0 Å². The first kappa shape index (κ1) is 16.1. The summed E-state index contributed by atoms with van der Waals surface area (Å²) < 4.78 is 0.954. The molecular weight excluding hydrogens is 384 g/mol. The number of unbranched alkanes of at least 4 members (excludes halogenated alkanes) is 2. The van der Waals surface area contributed by atoms with Crippen LogP contribution < -0.4 is 0 Å². The average molecular weight is 400 g/mol. The lowest BCUT2D eigenvalue weighted by Crippen LogP contribution is -2.27. The van der Waals surface area contributed by atoms with Crippen molar-refractivity contribution >= 4 is 51.7 Å². The molecule has 0 fully saturated rings. The van der Waals surface area contributed by atoms with Crippen LogP contribution in [0.15, 0.2) is 18.2 Å². The molecule has 2 nitrogen and oxygen atoms in total. The van der Waals surface area contributed by atoms with Gasteiger partial charge in [-0.2, -0.15) is 0 Å². The van der Waals surface area contributed by atoms with Gasteiger partial charge in [0.2, 0.25) is 0 Å². The topological polar surface area (TPSA) is 20.3 Å². The summed E-state index contributed by atoms with van der Waals surface area (Å²) in [4.78, 5) is 13.8. The van der Waals surface area contributed by atoms with Crippen molar-refractivity contribution in [3.63, 3.8) is 0 Å². The second-order valence-corrected chi connectivity index (χ2v) is 6.05. The molecule has 0 spiro atoms. The van der Waals surface area contributed by atoms with Gasteiger partial charge in [0.15, 0.2) is 0 Å². The molecule has 0 aliphatic rings. The lowest BCUT2D eigenvalue weighted by Gasteiger charge is -2.17. The highest BCUT2D eigenvalue weighted by Gasteiger charge is 2.12. The molecule has 0 atom stereocenters. The molecule has 1 aromatic rings. The van der Waals surface area contributed by atoms with E-state index >= 15 is 0 Å². The van der Waals surface area contributed by atoms with E-state index in [9.17, 15) is 4.79 Å². The smallest absolute Gasteiger partial charge is 0.253 e. The first-order chi connectivity index (χ1) is 8.56. The Morgan fingerprint density at radius 2 is 2.06 bits per heavy atom. The van der Waals surface area contributed by atoms with E-state index < -0.39 is 0 Å². The van der Waals surface area contributed by atoms with Gasteiger partial charge in [0.05, 0.1) is 5.02 Å². The number of nitrogens with zero attached hydrogens (tertiary/aromatic N) is 1. The first-order valence-corrected chi connectivity index (χ1v) is 7.82. The van der Waals surface area contributed by atoms with Gasteiger partial charge in [-0.25, -0.2) is 0 Å². The van der Waals surface area contributed by atoms with Gasteiger partial charge in [-0.3, -0.25) is 4.79 Å². The van der Waals surface area contributed by atoms with Crippen molar-refractivity contribution in [1.82, 2.24) is 4.90 Å². The van der Waals surface area contributed by atoms with Crippen molar-refractivity contribution in [3.8, 4) is 0 Å². The zero-order valence-electron chi connectivity index (χ0n) is 10.3. The van der Waals surface area contributed by atoms with Gasteiger partial charge in [0, 0.05) is 28.6 Å². The Labute approximate surface area is 132 Å². The highest BCUT2D eigenvalue weighted by atomic mass is 127. The minimum Gasteiger partial charge on any atom is -0.342 e. The summed E-state index contributed by atoms with van der Waals surface area (Å²) in [5.41, 5.74) is 0.639. The van der Waals surface area contributed by atoms with Crippen molar-refractivity contribution < 1.29 is 4.79 Å².